The van der Waals surface area contributed by atoms with Crippen LogP contribution < -0.4 is 10.6 Å². The molecule has 29 heavy (non-hydrogen) atoms. The normalized spacial score (nSPS) is 27.4. The molecular formula is C20H28IN5O2S. The molecule has 1 aliphatic heterocycles. The molecule has 9 heteroatoms. The van der Waals surface area contributed by atoms with Gasteiger partial charge in [0.15, 0.2) is 5.96 Å². The van der Waals surface area contributed by atoms with Gasteiger partial charge < -0.3 is 10.6 Å². The lowest BCUT2D eigenvalue weighted by Gasteiger charge is -2.18. The molecule has 1 aromatic heterocycles. The van der Waals surface area contributed by atoms with E-state index in [0.29, 0.717) is 25.6 Å². The highest BCUT2D eigenvalue weighted by Crippen LogP contribution is 2.52. The number of likely N-dealkylation sites (tertiary alicyclic amines) is 1. The maximum Gasteiger partial charge on any atom is 0.233 e. The smallest absolute Gasteiger partial charge is 0.233 e. The number of aryl methyl sites for hydroxylation is 1. The summed E-state index contributed by atoms with van der Waals surface area (Å²) in [4.78, 5) is 36.0. The van der Waals surface area contributed by atoms with Crippen molar-refractivity contribution >= 4 is 53.1 Å². The standard InChI is InChI=1S/C20H27N5O2S.HI/c1-3-15-24-14(11-28-15)10-23-20(21-4-2)22-7-8-25-18(26)16-12-5-6-13(9-12)17(16)19(25)27;/h5-6,11-13,16-17H,3-4,7-10H2,1-2H3,(H2,21,22,23);1H. The second-order valence-electron chi connectivity index (χ2n) is 7.54. The van der Waals surface area contributed by atoms with Crippen LogP contribution in [-0.4, -0.2) is 47.3 Å². The third-order valence-corrected chi connectivity index (χ3v) is 6.88. The number of guanidine groups is 1. The summed E-state index contributed by atoms with van der Waals surface area (Å²) in [5.74, 6) is 0.956. The van der Waals surface area contributed by atoms with Crippen molar-refractivity contribution in [3.63, 3.8) is 0 Å². The Balaban J connectivity index is 0.00000240. The summed E-state index contributed by atoms with van der Waals surface area (Å²) in [5.41, 5.74) is 0.958. The Kier molecular flexibility index (Phi) is 7.31. The topological polar surface area (TPSA) is 86.7 Å². The minimum absolute atomic E-state index is 0. The zero-order valence-corrected chi connectivity index (χ0v) is 19.9. The predicted octanol–water partition coefficient (Wildman–Crippen LogP) is 2.19. The molecule has 2 amide bonds. The van der Waals surface area contributed by atoms with Gasteiger partial charge in [0.05, 0.1) is 29.1 Å². The summed E-state index contributed by atoms with van der Waals surface area (Å²) < 4.78 is 0. The molecule has 4 rings (SSSR count). The highest BCUT2D eigenvalue weighted by Gasteiger charge is 2.58. The van der Waals surface area contributed by atoms with Gasteiger partial charge in [-0.25, -0.2) is 9.98 Å². The van der Waals surface area contributed by atoms with Crippen molar-refractivity contribution in [3.05, 3.63) is 28.2 Å². The minimum atomic E-state index is -0.123. The molecular weight excluding hydrogens is 501 g/mol. The molecule has 0 aromatic carbocycles. The third-order valence-electron chi connectivity index (χ3n) is 5.83. The largest absolute Gasteiger partial charge is 0.357 e. The van der Waals surface area contributed by atoms with Gasteiger partial charge in [0.2, 0.25) is 11.8 Å². The average molecular weight is 529 g/mol. The van der Waals surface area contributed by atoms with Crippen LogP contribution in [0.2, 0.25) is 0 Å². The number of imide groups is 1. The fourth-order valence-corrected chi connectivity index (χ4v) is 5.29. The van der Waals surface area contributed by atoms with Crippen molar-refractivity contribution in [2.75, 3.05) is 19.6 Å². The van der Waals surface area contributed by atoms with Gasteiger partial charge >= 0.3 is 0 Å². The van der Waals surface area contributed by atoms with Crippen molar-refractivity contribution < 1.29 is 9.59 Å². The number of aliphatic imine (C=N–C) groups is 1. The number of nitrogens with one attached hydrogen (secondary N) is 2. The van der Waals surface area contributed by atoms with E-state index in [1.807, 2.05) is 12.3 Å². The first kappa shape index (κ1) is 22.2. The van der Waals surface area contributed by atoms with Crippen LogP contribution in [0, 0.1) is 23.7 Å². The van der Waals surface area contributed by atoms with Crippen LogP contribution in [0.5, 0.6) is 0 Å². The SMILES string of the molecule is CCNC(=NCc1csc(CC)n1)NCCN1C(=O)C2C3C=CC(C3)C2C1=O.I. The number of aromatic nitrogens is 1. The number of halogens is 1. The molecule has 3 aliphatic rings. The molecule has 7 nitrogen and oxygen atoms in total. The van der Waals surface area contributed by atoms with Gasteiger partial charge in [0.1, 0.15) is 0 Å². The van der Waals surface area contributed by atoms with Gasteiger partial charge in [-0.05, 0) is 31.6 Å². The number of carbonyl (C=O) groups excluding carboxylic acids is 2. The van der Waals surface area contributed by atoms with Crippen LogP contribution in [0.15, 0.2) is 22.5 Å². The second kappa shape index (κ2) is 9.55. The lowest BCUT2D eigenvalue weighted by molar-refractivity contribution is -0.140. The number of nitrogens with zero attached hydrogens (tertiary/aromatic N) is 3. The first-order valence-electron chi connectivity index (χ1n) is 10.1. The molecule has 1 saturated heterocycles. The lowest BCUT2D eigenvalue weighted by atomic mass is 9.85. The van der Waals surface area contributed by atoms with E-state index in [0.717, 1.165) is 30.1 Å². The fraction of sp³-hybridized carbons (Fsp3) is 0.600. The summed E-state index contributed by atoms with van der Waals surface area (Å²) in [6, 6.07) is 0. The van der Waals surface area contributed by atoms with Crippen molar-refractivity contribution in [3.8, 4) is 0 Å². The molecule has 1 aromatic rings. The number of hydrogen-bond donors (Lipinski definition) is 2. The number of fused-ring (bicyclic) bond motifs is 5. The van der Waals surface area contributed by atoms with Crippen LogP contribution in [-0.2, 0) is 22.6 Å². The number of hydrogen-bond acceptors (Lipinski definition) is 5. The zero-order chi connectivity index (χ0) is 19.7. The maximum absolute atomic E-state index is 12.7. The van der Waals surface area contributed by atoms with Gasteiger partial charge in [-0.1, -0.05) is 19.1 Å². The summed E-state index contributed by atoms with van der Waals surface area (Å²) >= 11 is 1.66. The highest BCUT2D eigenvalue weighted by atomic mass is 127. The first-order valence-corrected chi connectivity index (χ1v) is 11.0. The fourth-order valence-electron chi connectivity index (χ4n) is 4.56. The summed E-state index contributed by atoms with van der Waals surface area (Å²) in [6.07, 6.45) is 6.14. The van der Waals surface area contributed by atoms with E-state index in [9.17, 15) is 9.59 Å². The molecule has 2 fully saturated rings. The Labute approximate surface area is 192 Å². The van der Waals surface area contributed by atoms with E-state index in [1.54, 1.807) is 11.3 Å². The Morgan fingerprint density at radius 2 is 1.90 bits per heavy atom. The highest BCUT2D eigenvalue weighted by molar-refractivity contribution is 14.0. The van der Waals surface area contributed by atoms with Crippen molar-refractivity contribution in [1.29, 1.82) is 0 Å². The first-order chi connectivity index (χ1) is 13.6. The van der Waals surface area contributed by atoms with Crippen LogP contribution in [0.1, 0.15) is 31.0 Å². The number of amides is 2. The number of thiazole rings is 1. The Bertz CT molecular complexity index is 794. The quantitative estimate of drug-likeness (QED) is 0.186. The summed E-state index contributed by atoms with van der Waals surface area (Å²) in [7, 11) is 0. The molecule has 4 atom stereocenters. The maximum atomic E-state index is 12.7. The van der Waals surface area contributed by atoms with E-state index in [-0.39, 0.29) is 59.5 Å². The molecule has 4 unspecified atom stereocenters. The van der Waals surface area contributed by atoms with Gasteiger partial charge in [-0.3, -0.25) is 14.5 Å². The molecule has 158 valence electrons. The summed E-state index contributed by atoms with van der Waals surface area (Å²) in [6.45, 7) is 6.21. The van der Waals surface area contributed by atoms with E-state index in [4.69, 9.17) is 0 Å². The summed E-state index contributed by atoms with van der Waals surface area (Å²) in [5, 5.41) is 9.59. The number of carbonyl (C=O) groups is 2. The van der Waals surface area contributed by atoms with Gasteiger partial charge in [-0.15, -0.1) is 35.3 Å². The Morgan fingerprint density at radius 1 is 1.21 bits per heavy atom. The van der Waals surface area contributed by atoms with Crippen LogP contribution >= 0.6 is 35.3 Å². The molecule has 2 aliphatic carbocycles. The van der Waals surface area contributed by atoms with Gasteiger partial charge in [0.25, 0.3) is 0 Å². The predicted molar refractivity (Wildman–Crippen MR) is 124 cm³/mol. The van der Waals surface area contributed by atoms with Crippen LogP contribution in [0.25, 0.3) is 0 Å². The van der Waals surface area contributed by atoms with E-state index in [2.05, 4.69) is 39.7 Å². The average Bonchev–Trinajstić information content (AvgIpc) is 3.46. The van der Waals surface area contributed by atoms with Crippen LogP contribution in [0.3, 0.4) is 0 Å². The van der Waals surface area contributed by atoms with Crippen molar-refractivity contribution in [1.82, 2.24) is 20.5 Å². The van der Waals surface area contributed by atoms with Crippen LogP contribution in [0.4, 0.5) is 0 Å². The van der Waals surface area contributed by atoms with E-state index >= 15 is 0 Å². The molecule has 2 N–H and O–H groups in total. The molecule has 1 saturated carbocycles. The molecule has 2 heterocycles. The zero-order valence-electron chi connectivity index (χ0n) is 16.8. The molecule has 2 bridgehead atoms. The Hall–Kier alpha value is -1.49. The minimum Gasteiger partial charge on any atom is -0.357 e. The monoisotopic (exact) mass is 529 g/mol. The van der Waals surface area contributed by atoms with E-state index < -0.39 is 0 Å². The number of rotatable bonds is 7. The van der Waals surface area contributed by atoms with Crippen molar-refractivity contribution in [2.24, 2.45) is 28.7 Å². The second-order valence-corrected chi connectivity index (χ2v) is 8.48. The molecule has 0 spiro atoms. The third kappa shape index (κ3) is 4.35. The van der Waals surface area contributed by atoms with Gasteiger partial charge in [-0.2, -0.15) is 0 Å². The Morgan fingerprint density at radius 3 is 2.48 bits per heavy atom. The van der Waals surface area contributed by atoms with Crippen molar-refractivity contribution in [2.45, 2.75) is 33.2 Å². The number of allylic oxidation sites excluding steroid dienone is 2. The van der Waals surface area contributed by atoms with Gasteiger partial charge in [0, 0.05) is 25.0 Å². The molecule has 0 radical (unpaired) electrons. The lowest BCUT2D eigenvalue weighted by Crippen LogP contribution is -2.43. The van der Waals surface area contributed by atoms with E-state index in [1.165, 1.54) is 4.90 Å².